The van der Waals surface area contributed by atoms with Gasteiger partial charge in [-0.1, -0.05) is 42.5 Å². The predicted molar refractivity (Wildman–Crippen MR) is 85.1 cm³/mol. The van der Waals surface area contributed by atoms with E-state index in [4.69, 9.17) is 12.2 Å². The van der Waals surface area contributed by atoms with Gasteiger partial charge in [0.2, 0.25) is 0 Å². The molecule has 0 bridgehead atoms. The van der Waals surface area contributed by atoms with Crippen LogP contribution >= 0.6 is 12.2 Å². The zero-order valence-electron chi connectivity index (χ0n) is 11.3. The van der Waals surface area contributed by atoms with E-state index in [9.17, 15) is 4.79 Å². The number of benzene rings is 2. The number of nitrogens with zero attached hydrogens (tertiary/aromatic N) is 2. The lowest BCUT2D eigenvalue weighted by molar-refractivity contribution is -0.121. The van der Waals surface area contributed by atoms with Gasteiger partial charge in [-0.25, -0.2) is 0 Å². The lowest BCUT2D eigenvalue weighted by Gasteiger charge is -2.11. The Labute approximate surface area is 123 Å². The van der Waals surface area contributed by atoms with Crippen molar-refractivity contribution in [2.24, 2.45) is 0 Å². The van der Waals surface area contributed by atoms with Gasteiger partial charge in [-0.2, -0.15) is 0 Å². The summed E-state index contributed by atoms with van der Waals surface area (Å²) in [6, 6.07) is 14.2. The molecule has 0 saturated carbocycles. The number of fused-ring (bicyclic) bond motifs is 1. The number of hydrogen-bond donors (Lipinski definition) is 0. The topological polar surface area (TPSA) is 23.6 Å². The number of rotatable bonds is 1. The molecule has 1 fully saturated rings. The van der Waals surface area contributed by atoms with Crippen LogP contribution in [0.1, 0.15) is 5.56 Å². The predicted octanol–water partition coefficient (Wildman–Crippen LogP) is 2.87. The number of carbonyl (C=O) groups excluding carboxylic acids is 1. The quantitative estimate of drug-likeness (QED) is 0.593. The number of likely N-dealkylation sites (N-methyl/N-ethyl adjacent to an activating group) is 2. The van der Waals surface area contributed by atoms with Crippen LogP contribution in [0.25, 0.3) is 16.8 Å². The first-order valence-electron chi connectivity index (χ1n) is 6.35. The van der Waals surface area contributed by atoms with Crippen molar-refractivity contribution in [2.45, 2.75) is 0 Å². The van der Waals surface area contributed by atoms with Crippen molar-refractivity contribution in [1.29, 1.82) is 0 Å². The van der Waals surface area contributed by atoms with Gasteiger partial charge in [0.25, 0.3) is 5.91 Å². The molecular formula is C16H14N2OS. The highest BCUT2D eigenvalue weighted by atomic mass is 32.1. The number of hydrogen-bond acceptors (Lipinski definition) is 2. The molecule has 3 nitrogen and oxygen atoms in total. The van der Waals surface area contributed by atoms with E-state index in [0.717, 1.165) is 16.3 Å². The van der Waals surface area contributed by atoms with Gasteiger partial charge < -0.3 is 4.90 Å². The Kier molecular flexibility index (Phi) is 3.03. The molecule has 100 valence electrons. The molecular weight excluding hydrogens is 268 g/mol. The summed E-state index contributed by atoms with van der Waals surface area (Å²) in [7, 11) is 3.52. The molecule has 1 amide bonds. The maximum absolute atomic E-state index is 12.2. The van der Waals surface area contributed by atoms with Crippen LogP contribution in [0, 0.1) is 0 Å². The second-order valence-corrected chi connectivity index (χ2v) is 5.17. The van der Waals surface area contributed by atoms with E-state index in [1.165, 1.54) is 4.90 Å². The summed E-state index contributed by atoms with van der Waals surface area (Å²) in [5, 5.41) is 2.82. The molecule has 2 aromatic carbocycles. The standard InChI is InChI=1S/C16H14N2OS/c1-17-14(15(19)18(2)16(17)20)10-12-8-5-7-11-6-3-4-9-13(11)12/h3-10H,1-2H3/b14-10-. The first-order chi connectivity index (χ1) is 9.59. The van der Waals surface area contributed by atoms with Gasteiger partial charge in [0, 0.05) is 14.1 Å². The molecule has 1 aliphatic rings. The molecule has 1 aliphatic heterocycles. The van der Waals surface area contributed by atoms with Crippen LogP contribution in [0.2, 0.25) is 0 Å². The van der Waals surface area contributed by atoms with Crippen molar-refractivity contribution in [3.05, 3.63) is 53.7 Å². The summed E-state index contributed by atoms with van der Waals surface area (Å²) in [4.78, 5) is 15.4. The van der Waals surface area contributed by atoms with E-state index in [1.54, 1.807) is 11.9 Å². The summed E-state index contributed by atoms with van der Waals surface area (Å²) in [6.45, 7) is 0. The van der Waals surface area contributed by atoms with Crippen molar-refractivity contribution < 1.29 is 4.79 Å². The molecule has 3 rings (SSSR count). The largest absolute Gasteiger partial charge is 0.317 e. The molecule has 20 heavy (non-hydrogen) atoms. The highest BCUT2D eigenvalue weighted by Gasteiger charge is 2.32. The molecule has 4 heteroatoms. The highest BCUT2D eigenvalue weighted by molar-refractivity contribution is 7.80. The Morgan fingerprint density at radius 3 is 2.40 bits per heavy atom. The van der Waals surface area contributed by atoms with Crippen LogP contribution in [-0.2, 0) is 4.79 Å². The Bertz CT molecular complexity index is 746. The first kappa shape index (κ1) is 12.8. The van der Waals surface area contributed by atoms with Gasteiger partial charge in [-0.05, 0) is 34.6 Å². The Hall–Kier alpha value is -2.20. The third kappa shape index (κ3) is 1.89. The smallest absolute Gasteiger partial charge is 0.276 e. The minimum absolute atomic E-state index is 0.0644. The lowest BCUT2D eigenvalue weighted by Crippen LogP contribution is -2.26. The zero-order chi connectivity index (χ0) is 14.3. The highest BCUT2D eigenvalue weighted by Crippen LogP contribution is 2.25. The van der Waals surface area contributed by atoms with Crippen LogP contribution in [0.3, 0.4) is 0 Å². The molecule has 0 spiro atoms. The van der Waals surface area contributed by atoms with E-state index < -0.39 is 0 Å². The number of thiocarbonyl (C=S) groups is 1. The van der Waals surface area contributed by atoms with Crippen LogP contribution in [-0.4, -0.2) is 34.9 Å². The van der Waals surface area contributed by atoms with Crippen molar-refractivity contribution >= 4 is 40.1 Å². The Morgan fingerprint density at radius 1 is 1.00 bits per heavy atom. The normalized spacial score (nSPS) is 17.6. The molecule has 0 aliphatic carbocycles. The van der Waals surface area contributed by atoms with Gasteiger partial charge in [-0.3, -0.25) is 9.69 Å². The molecule has 1 heterocycles. The summed E-state index contributed by atoms with van der Waals surface area (Å²) in [6.07, 6.45) is 1.90. The fourth-order valence-corrected chi connectivity index (χ4v) is 2.59. The van der Waals surface area contributed by atoms with Crippen molar-refractivity contribution in [3.63, 3.8) is 0 Å². The summed E-state index contributed by atoms with van der Waals surface area (Å²) < 4.78 is 0. The van der Waals surface area contributed by atoms with Crippen molar-refractivity contribution in [2.75, 3.05) is 14.1 Å². The van der Waals surface area contributed by atoms with Gasteiger partial charge in [0.05, 0.1) is 0 Å². The lowest BCUT2D eigenvalue weighted by atomic mass is 10.0. The average Bonchev–Trinajstić information content (AvgIpc) is 2.65. The van der Waals surface area contributed by atoms with E-state index in [1.807, 2.05) is 37.4 Å². The fourth-order valence-electron chi connectivity index (χ4n) is 2.41. The molecule has 2 aromatic rings. The zero-order valence-corrected chi connectivity index (χ0v) is 12.1. The molecule has 1 saturated heterocycles. The SMILES string of the molecule is CN1C(=O)/C(=C/c2cccc3ccccc23)N(C)C1=S. The van der Waals surface area contributed by atoms with E-state index in [2.05, 4.69) is 18.2 Å². The van der Waals surface area contributed by atoms with E-state index >= 15 is 0 Å². The molecule has 0 atom stereocenters. The van der Waals surface area contributed by atoms with Crippen LogP contribution in [0.5, 0.6) is 0 Å². The van der Waals surface area contributed by atoms with E-state index in [-0.39, 0.29) is 5.91 Å². The fraction of sp³-hybridized carbons (Fsp3) is 0.125. The summed E-state index contributed by atoms with van der Waals surface area (Å²) in [5.41, 5.74) is 1.63. The minimum atomic E-state index is -0.0644. The minimum Gasteiger partial charge on any atom is -0.317 e. The second kappa shape index (κ2) is 4.72. The number of carbonyl (C=O) groups is 1. The Balaban J connectivity index is 2.16. The molecule has 0 radical (unpaired) electrons. The second-order valence-electron chi connectivity index (χ2n) is 4.80. The molecule has 0 N–H and O–H groups in total. The maximum Gasteiger partial charge on any atom is 0.276 e. The third-order valence-electron chi connectivity index (χ3n) is 3.57. The first-order valence-corrected chi connectivity index (χ1v) is 6.75. The third-order valence-corrected chi connectivity index (χ3v) is 4.12. The van der Waals surface area contributed by atoms with Gasteiger partial charge >= 0.3 is 0 Å². The maximum atomic E-state index is 12.2. The molecule has 0 aromatic heterocycles. The van der Waals surface area contributed by atoms with Crippen LogP contribution in [0.15, 0.2) is 48.2 Å². The monoisotopic (exact) mass is 282 g/mol. The van der Waals surface area contributed by atoms with E-state index in [0.29, 0.717) is 10.8 Å². The van der Waals surface area contributed by atoms with Crippen molar-refractivity contribution in [3.8, 4) is 0 Å². The summed E-state index contributed by atoms with van der Waals surface area (Å²) >= 11 is 5.22. The summed E-state index contributed by atoms with van der Waals surface area (Å²) in [5.74, 6) is -0.0644. The molecule has 0 unspecified atom stereocenters. The number of amides is 1. The Morgan fingerprint density at radius 2 is 1.70 bits per heavy atom. The van der Waals surface area contributed by atoms with Crippen LogP contribution < -0.4 is 0 Å². The van der Waals surface area contributed by atoms with Gasteiger partial charge in [0.1, 0.15) is 5.70 Å². The van der Waals surface area contributed by atoms with Crippen molar-refractivity contribution in [1.82, 2.24) is 9.80 Å². The average molecular weight is 282 g/mol. The van der Waals surface area contributed by atoms with Crippen LogP contribution in [0.4, 0.5) is 0 Å². The van der Waals surface area contributed by atoms with Gasteiger partial charge in [0.15, 0.2) is 5.11 Å². The van der Waals surface area contributed by atoms with Gasteiger partial charge in [-0.15, -0.1) is 0 Å².